The van der Waals surface area contributed by atoms with Gasteiger partial charge in [-0.05, 0) is 11.1 Å². The summed E-state index contributed by atoms with van der Waals surface area (Å²) in [7, 11) is 0. The van der Waals surface area contributed by atoms with Gasteiger partial charge in [-0.3, -0.25) is 9.59 Å². The van der Waals surface area contributed by atoms with E-state index in [0.717, 1.165) is 13.8 Å². The molecular formula is C9H12N6O5. The molecule has 0 aromatic carbocycles. The molecule has 20 heavy (non-hydrogen) atoms. The summed E-state index contributed by atoms with van der Waals surface area (Å²) in [5.41, 5.74) is 17.0. The zero-order valence-electron chi connectivity index (χ0n) is 10.7. The van der Waals surface area contributed by atoms with E-state index in [1.807, 2.05) is 0 Å². The van der Waals surface area contributed by atoms with Gasteiger partial charge in [0.1, 0.15) is 12.1 Å². The number of hydrogen-bond donors (Lipinski definition) is 0. The normalized spacial score (nSPS) is 28.5. The average molecular weight is 284 g/mol. The Balaban J connectivity index is 3.06. The lowest BCUT2D eigenvalue weighted by molar-refractivity contribution is -0.210. The van der Waals surface area contributed by atoms with Gasteiger partial charge < -0.3 is 14.2 Å². The summed E-state index contributed by atoms with van der Waals surface area (Å²) in [5.74, 6) is -1.31. The van der Waals surface area contributed by atoms with E-state index >= 15 is 0 Å². The number of hydrogen-bond acceptors (Lipinski definition) is 7. The van der Waals surface area contributed by atoms with Gasteiger partial charge in [0.15, 0.2) is 0 Å². The third-order valence-electron chi connectivity index (χ3n) is 2.40. The van der Waals surface area contributed by atoms with Crippen LogP contribution < -0.4 is 0 Å². The van der Waals surface area contributed by atoms with Gasteiger partial charge in [0.2, 0.25) is 6.29 Å². The molecule has 1 aliphatic rings. The molecule has 0 N–H and O–H groups in total. The summed E-state index contributed by atoms with van der Waals surface area (Å²) in [4.78, 5) is 27.3. The summed E-state index contributed by atoms with van der Waals surface area (Å²) in [6, 6.07) is -2.02. The number of carbonyl (C=O) groups is 2. The first kappa shape index (κ1) is 15.6. The molecule has 11 heteroatoms. The summed E-state index contributed by atoms with van der Waals surface area (Å²) < 4.78 is 15.0. The van der Waals surface area contributed by atoms with E-state index < -0.39 is 36.4 Å². The maximum absolute atomic E-state index is 11.1. The molecule has 1 aliphatic heterocycles. The number of rotatable bonds is 4. The van der Waals surface area contributed by atoms with Crippen LogP contribution in [0.5, 0.6) is 0 Å². The van der Waals surface area contributed by atoms with Gasteiger partial charge in [0, 0.05) is 23.7 Å². The second kappa shape index (κ2) is 7.19. The lowest BCUT2D eigenvalue weighted by Crippen LogP contribution is -2.54. The average Bonchev–Trinajstić information content (AvgIpc) is 2.35. The molecule has 0 bridgehead atoms. The van der Waals surface area contributed by atoms with Crippen LogP contribution in [0.1, 0.15) is 13.8 Å². The molecule has 1 rings (SSSR count). The fourth-order valence-corrected chi connectivity index (χ4v) is 1.72. The molecule has 108 valence electrons. The van der Waals surface area contributed by atoms with Crippen molar-refractivity contribution in [2.75, 3.05) is 6.61 Å². The first-order chi connectivity index (χ1) is 9.49. The van der Waals surface area contributed by atoms with Crippen LogP contribution >= 0.6 is 0 Å². The highest BCUT2D eigenvalue weighted by atomic mass is 16.7. The van der Waals surface area contributed by atoms with Gasteiger partial charge in [0.05, 0.1) is 12.6 Å². The van der Waals surface area contributed by atoms with Crippen molar-refractivity contribution in [2.45, 2.75) is 38.3 Å². The van der Waals surface area contributed by atoms with Gasteiger partial charge in [-0.15, -0.1) is 0 Å². The molecule has 0 amide bonds. The van der Waals surface area contributed by atoms with E-state index in [9.17, 15) is 9.59 Å². The molecule has 1 unspecified atom stereocenters. The standard InChI is InChI=1S/C9H12N6O5/c1-4(16)19-8-6(12-14-10)3-18-9(20-5(2)17)7(8)13-15-11/h6-9H,3H2,1-2H3/t6-,7-,8+,9?/m1/s1. The van der Waals surface area contributed by atoms with Crippen LogP contribution in [0.3, 0.4) is 0 Å². The Bertz CT molecular complexity index is 483. The molecule has 0 aromatic rings. The number of carbonyl (C=O) groups excluding carboxylic acids is 2. The minimum atomic E-state index is -1.21. The van der Waals surface area contributed by atoms with Crippen molar-refractivity contribution in [3.63, 3.8) is 0 Å². The Hall–Kier alpha value is -2.48. The molecule has 0 spiro atoms. The minimum absolute atomic E-state index is 0.141. The van der Waals surface area contributed by atoms with Gasteiger partial charge in [-0.1, -0.05) is 10.2 Å². The maximum atomic E-state index is 11.1. The molecule has 1 heterocycles. The summed E-state index contributed by atoms with van der Waals surface area (Å²) in [6.45, 7) is 2.16. The molecule has 0 saturated carbocycles. The Labute approximate surface area is 113 Å². The van der Waals surface area contributed by atoms with Crippen molar-refractivity contribution in [3.8, 4) is 0 Å². The zero-order chi connectivity index (χ0) is 15.1. The van der Waals surface area contributed by atoms with Crippen LogP contribution in [0.4, 0.5) is 0 Å². The van der Waals surface area contributed by atoms with Crippen molar-refractivity contribution < 1.29 is 23.8 Å². The molecule has 11 nitrogen and oxygen atoms in total. The van der Waals surface area contributed by atoms with Crippen LogP contribution in [0.25, 0.3) is 20.9 Å². The quantitative estimate of drug-likeness (QED) is 0.327. The molecule has 1 fully saturated rings. The highest BCUT2D eigenvalue weighted by Crippen LogP contribution is 2.25. The second-order valence-corrected chi connectivity index (χ2v) is 3.85. The topological polar surface area (TPSA) is 159 Å². The van der Waals surface area contributed by atoms with Crippen molar-refractivity contribution in [3.05, 3.63) is 20.9 Å². The smallest absolute Gasteiger partial charge is 0.304 e. The van der Waals surface area contributed by atoms with Gasteiger partial charge >= 0.3 is 11.9 Å². The number of ether oxygens (including phenoxy) is 3. The fourth-order valence-electron chi connectivity index (χ4n) is 1.72. The molecule has 0 aliphatic carbocycles. The highest BCUT2D eigenvalue weighted by Gasteiger charge is 2.43. The minimum Gasteiger partial charge on any atom is -0.461 e. The lowest BCUT2D eigenvalue weighted by atomic mass is 10.0. The van der Waals surface area contributed by atoms with Crippen LogP contribution in [0.2, 0.25) is 0 Å². The van der Waals surface area contributed by atoms with Crippen molar-refractivity contribution in [2.24, 2.45) is 10.2 Å². The van der Waals surface area contributed by atoms with E-state index in [4.69, 9.17) is 25.3 Å². The number of nitrogens with zero attached hydrogens (tertiary/aromatic N) is 6. The van der Waals surface area contributed by atoms with Crippen molar-refractivity contribution in [1.29, 1.82) is 0 Å². The second-order valence-electron chi connectivity index (χ2n) is 3.85. The van der Waals surface area contributed by atoms with E-state index in [1.165, 1.54) is 0 Å². The zero-order valence-corrected chi connectivity index (χ0v) is 10.7. The SMILES string of the molecule is CC(=O)OC1OC[C@@H](N=[N+]=[N-])[C@H](OC(C)=O)[C@H]1N=[N+]=[N-]. The van der Waals surface area contributed by atoms with Gasteiger partial charge in [-0.25, -0.2) is 0 Å². The summed E-state index contributed by atoms with van der Waals surface area (Å²) >= 11 is 0. The van der Waals surface area contributed by atoms with E-state index in [0.29, 0.717) is 0 Å². The molecule has 0 radical (unpaired) electrons. The first-order valence-electron chi connectivity index (χ1n) is 5.54. The largest absolute Gasteiger partial charge is 0.461 e. The fraction of sp³-hybridized carbons (Fsp3) is 0.778. The highest BCUT2D eigenvalue weighted by molar-refractivity contribution is 5.67. The van der Waals surface area contributed by atoms with Crippen molar-refractivity contribution in [1.82, 2.24) is 0 Å². The molecule has 1 saturated heterocycles. The predicted octanol–water partition coefficient (Wildman–Crippen LogP) is 1.20. The number of esters is 2. The summed E-state index contributed by atoms with van der Waals surface area (Å²) in [5, 5.41) is 6.82. The van der Waals surface area contributed by atoms with Crippen LogP contribution in [-0.4, -0.2) is 43.0 Å². The third-order valence-corrected chi connectivity index (χ3v) is 2.40. The molecular weight excluding hydrogens is 272 g/mol. The molecule has 4 atom stereocenters. The Morgan fingerprint density at radius 1 is 1.15 bits per heavy atom. The maximum Gasteiger partial charge on any atom is 0.304 e. The monoisotopic (exact) mass is 284 g/mol. The van der Waals surface area contributed by atoms with E-state index in [2.05, 4.69) is 20.1 Å². The Morgan fingerprint density at radius 2 is 1.75 bits per heavy atom. The Morgan fingerprint density at radius 3 is 2.25 bits per heavy atom. The third kappa shape index (κ3) is 4.02. The Kier molecular flexibility index (Phi) is 5.60. The van der Waals surface area contributed by atoms with Gasteiger partial charge in [0.25, 0.3) is 0 Å². The first-order valence-corrected chi connectivity index (χ1v) is 5.54. The van der Waals surface area contributed by atoms with Crippen molar-refractivity contribution >= 4 is 11.9 Å². The van der Waals surface area contributed by atoms with Crippen LogP contribution in [-0.2, 0) is 23.8 Å². The van der Waals surface area contributed by atoms with Crippen LogP contribution in [0.15, 0.2) is 10.2 Å². The molecule has 0 aromatic heterocycles. The van der Waals surface area contributed by atoms with E-state index in [1.54, 1.807) is 0 Å². The summed E-state index contributed by atoms with van der Waals surface area (Å²) in [6.07, 6.45) is -2.28. The van der Waals surface area contributed by atoms with E-state index in [-0.39, 0.29) is 6.61 Å². The number of azide groups is 2. The van der Waals surface area contributed by atoms with Crippen LogP contribution in [0, 0.1) is 0 Å². The van der Waals surface area contributed by atoms with Gasteiger partial charge in [-0.2, -0.15) is 0 Å². The predicted molar refractivity (Wildman–Crippen MR) is 62.9 cm³/mol. The lowest BCUT2D eigenvalue weighted by Gasteiger charge is -2.37.